The third-order valence-corrected chi connectivity index (χ3v) is 1.88. The number of esters is 1. The zero-order chi connectivity index (χ0) is 10.4. The van der Waals surface area contributed by atoms with Crippen LogP contribution in [0.1, 0.15) is 34.1 Å². The fourth-order valence-corrected chi connectivity index (χ4v) is 0.867. The molecule has 0 rings (SSSR count). The van der Waals surface area contributed by atoms with Crippen LogP contribution in [-0.4, -0.2) is 18.4 Å². The van der Waals surface area contributed by atoms with E-state index in [1.54, 1.807) is 27.7 Å². The maximum absolute atomic E-state index is 11.2. The van der Waals surface area contributed by atoms with Crippen molar-refractivity contribution in [3.05, 3.63) is 11.1 Å². The molecule has 0 aliphatic rings. The highest BCUT2D eigenvalue weighted by Crippen LogP contribution is 2.08. The lowest BCUT2D eigenvalue weighted by atomic mass is 10.1. The number of carbonyl (C=O) groups is 2. The Labute approximate surface area is 78.8 Å². The summed E-state index contributed by atoms with van der Waals surface area (Å²) in [6.07, 6.45) is 0.419. The highest BCUT2D eigenvalue weighted by molar-refractivity contribution is 6.02. The van der Waals surface area contributed by atoms with Gasteiger partial charge in [0.25, 0.3) is 0 Å². The molecule has 0 aromatic carbocycles. The molecule has 0 spiro atoms. The Balaban J connectivity index is 4.60. The molecule has 0 fully saturated rings. The minimum absolute atomic E-state index is 0.00875. The quantitative estimate of drug-likeness (QED) is 0.494. The zero-order valence-corrected chi connectivity index (χ0v) is 8.64. The molecule has 13 heavy (non-hydrogen) atoms. The van der Waals surface area contributed by atoms with Crippen molar-refractivity contribution >= 4 is 11.8 Å². The highest BCUT2D eigenvalue weighted by atomic mass is 16.5. The summed E-state index contributed by atoms with van der Waals surface area (Å²) in [6, 6.07) is 0. The van der Waals surface area contributed by atoms with Crippen LogP contribution in [0.15, 0.2) is 11.1 Å². The van der Waals surface area contributed by atoms with Crippen LogP contribution in [0.2, 0.25) is 0 Å². The van der Waals surface area contributed by atoms with Crippen molar-refractivity contribution in [2.45, 2.75) is 34.1 Å². The third-order valence-electron chi connectivity index (χ3n) is 1.88. The normalized spacial score (nSPS) is 12.0. The average molecular weight is 184 g/mol. The van der Waals surface area contributed by atoms with Gasteiger partial charge < -0.3 is 4.74 Å². The molecule has 0 unspecified atom stereocenters. The molecule has 0 aliphatic heterocycles. The molecule has 0 aliphatic carbocycles. The molecular weight excluding hydrogens is 168 g/mol. The second-order valence-electron chi connectivity index (χ2n) is 2.75. The second kappa shape index (κ2) is 5.51. The van der Waals surface area contributed by atoms with E-state index in [1.807, 2.05) is 0 Å². The molecule has 0 aromatic heterocycles. The first kappa shape index (κ1) is 11.9. The van der Waals surface area contributed by atoms with Crippen LogP contribution >= 0.6 is 0 Å². The lowest BCUT2D eigenvalue weighted by Crippen LogP contribution is -2.10. The first-order valence-corrected chi connectivity index (χ1v) is 4.42. The standard InChI is InChI=1S/C10H16O3/c1-5-9(11)7(3)8(4)10(12)13-6-2/h5-6H2,1-4H3. The molecule has 0 saturated heterocycles. The molecule has 3 heteroatoms. The number of hydrogen-bond donors (Lipinski definition) is 0. The van der Waals surface area contributed by atoms with E-state index >= 15 is 0 Å². The number of ketones is 1. The molecule has 0 atom stereocenters. The number of carbonyl (C=O) groups excluding carboxylic acids is 2. The molecule has 0 amide bonds. The Kier molecular flexibility index (Phi) is 5.04. The molecule has 0 heterocycles. The topological polar surface area (TPSA) is 43.4 Å². The van der Waals surface area contributed by atoms with Gasteiger partial charge in [-0.1, -0.05) is 6.92 Å². The molecule has 0 N–H and O–H groups in total. The Morgan fingerprint density at radius 3 is 2.00 bits per heavy atom. The first-order valence-electron chi connectivity index (χ1n) is 4.42. The van der Waals surface area contributed by atoms with Gasteiger partial charge in [0.1, 0.15) is 0 Å². The van der Waals surface area contributed by atoms with Crippen molar-refractivity contribution in [2.75, 3.05) is 6.61 Å². The van der Waals surface area contributed by atoms with Crippen molar-refractivity contribution in [3.63, 3.8) is 0 Å². The van der Waals surface area contributed by atoms with Gasteiger partial charge in [-0.05, 0) is 20.8 Å². The summed E-state index contributed by atoms with van der Waals surface area (Å²) in [5.41, 5.74) is 0.912. The lowest BCUT2D eigenvalue weighted by molar-refractivity contribution is -0.138. The summed E-state index contributed by atoms with van der Waals surface area (Å²) in [4.78, 5) is 22.4. The fourth-order valence-electron chi connectivity index (χ4n) is 0.867. The maximum Gasteiger partial charge on any atom is 0.334 e. The second-order valence-corrected chi connectivity index (χ2v) is 2.75. The Bertz CT molecular complexity index is 239. The summed E-state index contributed by atoms with van der Waals surface area (Å²) in [6.45, 7) is 7.11. The minimum Gasteiger partial charge on any atom is -0.463 e. The van der Waals surface area contributed by atoms with Gasteiger partial charge in [0.05, 0.1) is 6.61 Å². The number of rotatable bonds is 4. The number of hydrogen-bond acceptors (Lipinski definition) is 3. The van der Waals surface area contributed by atoms with E-state index in [0.717, 1.165) is 0 Å². The van der Waals surface area contributed by atoms with Crippen molar-refractivity contribution in [3.8, 4) is 0 Å². The monoisotopic (exact) mass is 184 g/mol. The van der Waals surface area contributed by atoms with E-state index in [4.69, 9.17) is 4.74 Å². The Morgan fingerprint density at radius 1 is 1.08 bits per heavy atom. The van der Waals surface area contributed by atoms with Gasteiger partial charge in [-0.25, -0.2) is 4.79 Å². The summed E-state index contributed by atoms with van der Waals surface area (Å²) in [7, 11) is 0. The first-order chi connectivity index (χ1) is 6.04. The zero-order valence-electron chi connectivity index (χ0n) is 8.64. The summed E-state index contributed by atoms with van der Waals surface area (Å²) >= 11 is 0. The van der Waals surface area contributed by atoms with E-state index < -0.39 is 5.97 Å². The van der Waals surface area contributed by atoms with Crippen LogP contribution in [0, 0.1) is 0 Å². The molecule has 0 saturated carbocycles. The van der Waals surface area contributed by atoms with Gasteiger partial charge >= 0.3 is 5.97 Å². The smallest absolute Gasteiger partial charge is 0.334 e. The predicted molar refractivity (Wildman–Crippen MR) is 50.3 cm³/mol. The van der Waals surface area contributed by atoms with Gasteiger partial charge in [-0.2, -0.15) is 0 Å². The van der Waals surface area contributed by atoms with E-state index in [-0.39, 0.29) is 5.78 Å². The third kappa shape index (κ3) is 3.40. The SMILES string of the molecule is CCOC(=O)C(C)=C(C)C(=O)CC. The van der Waals surface area contributed by atoms with Crippen molar-refractivity contribution in [1.29, 1.82) is 0 Å². The minimum atomic E-state index is -0.401. The Morgan fingerprint density at radius 2 is 1.62 bits per heavy atom. The molecule has 3 nitrogen and oxygen atoms in total. The average Bonchev–Trinajstić information content (AvgIpc) is 2.14. The van der Waals surface area contributed by atoms with Crippen LogP contribution in [0.3, 0.4) is 0 Å². The van der Waals surface area contributed by atoms with E-state index in [9.17, 15) is 9.59 Å². The van der Waals surface area contributed by atoms with Gasteiger partial charge in [0.2, 0.25) is 0 Å². The van der Waals surface area contributed by atoms with Gasteiger partial charge in [-0.15, -0.1) is 0 Å². The van der Waals surface area contributed by atoms with Crippen LogP contribution < -0.4 is 0 Å². The van der Waals surface area contributed by atoms with E-state index in [2.05, 4.69) is 0 Å². The molecule has 0 aromatic rings. The van der Waals surface area contributed by atoms with E-state index in [1.165, 1.54) is 0 Å². The Hall–Kier alpha value is -1.12. The predicted octanol–water partition coefficient (Wildman–Crippen LogP) is 1.86. The number of allylic oxidation sites excluding steroid dienone is 1. The van der Waals surface area contributed by atoms with Crippen molar-refractivity contribution < 1.29 is 14.3 Å². The summed E-state index contributed by atoms with van der Waals surface area (Å²) in [5.74, 6) is -0.410. The number of Topliss-reactive ketones (excluding diaryl/α,β-unsaturated/α-hetero) is 1. The van der Waals surface area contributed by atoms with Gasteiger partial charge in [0.15, 0.2) is 5.78 Å². The molecule has 74 valence electrons. The largest absolute Gasteiger partial charge is 0.463 e. The molecule has 0 radical (unpaired) electrons. The highest BCUT2D eigenvalue weighted by Gasteiger charge is 2.12. The van der Waals surface area contributed by atoms with Crippen molar-refractivity contribution in [1.82, 2.24) is 0 Å². The van der Waals surface area contributed by atoms with Crippen LogP contribution in [-0.2, 0) is 14.3 Å². The van der Waals surface area contributed by atoms with Crippen LogP contribution in [0.4, 0.5) is 0 Å². The van der Waals surface area contributed by atoms with E-state index in [0.29, 0.717) is 24.2 Å². The van der Waals surface area contributed by atoms with Gasteiger partial charge in [-0.3, -0.25) is 4.79 Å². The lowest BCUT2D eigenvalue weighted by Gasteiger charge is -2.04. The van der Waals surface area contributed by atoms with Gasteiger partial charge in [0, 0.05) is 17.6 Å². The van der Waals surface area contributed by atoms with Crippen molar-refractivity contribution in [2.24, 2.45) is 0 Å². The van der Waals surface area contributed by atoms with Crippen LogP contribution in [0.5, 0.6) is 0 Å². The maximum atomic E-state index is 11.2. The molecule has 0 bridgehead atoms. The van der Waals surface area contributed by atoms with Crippen LogP contribution in [0.25, 0.3) is 0 Å². The fraction of sp³-hybridized carbons (Fsp3) is 0.600. The summed E-state index contributed by atoms with van der Waals surface area (Å²) < 4.78 is 4.77. The summed E-state index contributed by atoms with van der Waals surface area (Å²) in [5, 5.41) is 0. The molecular formula is C10H16O3. The number of ether oxygens (including phenoxy) is 1.